The Morgan fingerprint density at radius 2 is 2.13 bits per heavy atom. The molecule has 2 aliphatic heterocycles. The van der Waals surface area contributed by atoms with Crippen molar-refractivity contribution in [2.24, 2.45) is 5.41 Å². The molecule has 2 rings (SSSR count). The van der Waals surface area contributed by atoms with Crippen LogP contribution in [0.25, 0.3) is 0 Å². The van der Waals surface area contributed by atoms with Crippen molar-refractivity contribution >= 4 is 32.2 Å². The van der Waals surface area contributed by atoms with Gasteiger partial charge in [-0.05, 0) is 42.2 Å². The van der Waals surface area contributed by atoms with Crippen LogP contribution < -0.4 is 5.32 Å². The Morgan fingerprint density at radius 1 is 1.39 bits per heavy atom. The molecule has 3 amide bonds. The summed E-state index contributed by atoms with van der Waals surface area (Å²) in [6, 6.07) is -0.630. The summed E-state index contributed by atoms with van der Waals surface area (Å²) >= 11 is 0. The molecule has 0 spiro atoms. The van der Waals surface area contributed by atoms with Crippen LogP contribution in [0.1, 0.15) is 33.6 Å². The molecule has 5 nitrogen and oxygen atoms in total. The second-order valence-electron chi connectivity index (χ2n) is 6.35. The molecule has 1 fully saturated rings. The minimum Gasteiger partial charge on any atom is -0.309 e. The molecular formula is C17H21N2O3P. The maximum Gasteiger partial charge on any atom is 0.249 e. The van der Waals surface area contributed by atoms with E-state index in [4.69, 9.17) is 0 Å². The zero-order chi connectivity index (χ0) is 17.0. The molecule has 2 heterocycles. The van der Waals surface area contributed by atoms with Gasteiger partial charge in [0.2, 0.25) is 18.2 Å². The number of carbonyl (C=O) groups excluding carboxylic acids is 3. The zero-order valence-electron chi connectivity index (χ0n) is 13.6. The Labute approximate surface area is 137 Å². The van der Waals surface area contributed by atoms with Gasteiger partial charge in [0.05, 0.1) is 0 Å². The average molecular weight is 332 g/mol. The number of hydrogen-bond donors (Lipinski definition) is 1. The van der Waals surface area contributed by atoms with E-state index in [1.807, 2.05) is 13.0 Å². The summed E-state index contributed by atoms with van der Waals surface area (Å²) in [5.41, 5.74) is 2.10. The first kappa shape index (κ1) is 17.4. The minimum atomic E-state index is -0.630. The Balaban J connectivity index is 2.19. The van der Waals surface area contributed by atoms with Crippen molar-refractivity contribution in [2.75, 3.05) is 0 Å². The summed E-state index contributed by atoms with van der Waals surface area (Å²) in [5, 5.41) is 2.27. The van der Waals surface area contributed by atoms with Crippen molar-refractivity contribution in [3.63, 3.8) is 0 Å². The molecule has 0 aromatic carbocycles. The third kappa shape index (κ3) is 4.49. The number of allylic oxidation sites excluding steroid dienone is 4. The molecule has 1 unspecified atom stereocenters. The Bertz CT molecular complexity index is 644. The fraction of sp³-hybridized carbons (Fsp3) is 0.412. The smallest absolute Gasteiger partial charge is 0.249 e. The molecule has 122 valence electrons. The van der Waals surface area contributed by atoms with Crippen molar-refractivity contribution in [1.82, 2.24) is 10.2 Å². The SMILES string of the molecule is CC1=CP=CC(C)(C)C=C1/C=C\N(C=O)C1CCC(=O)NC1=O. The molecule has 1 N–H and O–H groups in total. The largest absolute Gasteiger partial charge is 0.309 e. The summed E-state index contributed by atoms with van der Waals surface area (Å²) in [4.78, 5) is 35.8. The minimum absolute atomic E-state index is 0.0455. The highest BCUT2D eigenvalue weighted by Crippen LogP contribution is 2.28. The van der Waals surface area contributed by atoms with Gasteiger partial charge >= 0.3 is 0 Å². The van der Waals surface area contributed by atoms with Gasteiger partial charge in [0.15, 0.2) is 0 Å². The van der Waals surface area contributed by atoms with Crippen molar-refractivity contribution in [3.05, 3.63) is 35.3 Å². The summed E-state index contributed by atoms with van der Waals surface area (Å²) in [6.07, 6.45) is 6.83. The lowest BCUT2D eigenvalue weighted by atomic mass is 9.91. The van der Waals surface area contributed by atoms with E-state index in [0.717, 1.165) is 19.4 Å². The lowest BCUT2D eigenvalue weighted by Crippen LogP contribution is -2.50. The molecule has 6 heteroatoms. The quantitative estimate of drug-likeness (QED) is 0.488. The second-order valence-corrected chi connectivity index (χ2v) is 7.16. The first-order valence-electron chi connectivity index (χ1n) is 7.51. The predicted molar refractivity (Wildman–Crippen MR) is 91.8 cm³/mol. The zero-order valence-corrected chi connectivity index (χ0v) is 14.5. The van der Waals surface area contributed by atoms with Gasteiger partial charge in [0, 0.05) is 18.0 Å². The summed E-state index contributed by atoms with van der Waals surface area (Å²) in [6.45, 7) is 6.27. The van der Waals surface area contributed by atoms with Crippen LogP contribution in [0.4, 0.5) is 0 Å². The number of piperidine rings is 1. The summed E-state index contributed by atoms with van der Waals surface area (Å²) < 4.78 is 0. The molecule has 0 saturated carbocycles. The van der Waals surface area contributed by atoms with E-state index in [1.54, 1.807) is 6.20 Å². The standard InChI is InChI=1S/C17H21N2O3P/c1-12-9-23-10-17(2,3)8-13(12)6-7-19(11-20)14-4-5-15(21)18-16(14)22/h6-11,14H,4-5H2,1-3H3,(H,18,21,22)/b7-6-. The first-order valence-corrected chi connectivity index (χ1v) is 8.54. The van der Waals surface area contributed by atoms with E-state index in [0.29, 0.717) is 12.8 Å². The maximum absolute atomic E-state index is 11.9. The van der Waals surface area contributed by atoms with Gasteiger partial charge in [-0.15, -0.1) is 0 Å². The van der Waals surface area contributed by atoms with E-state index >= 15 is 0 Å². The number of nitrogens with zero attached hydrogens (tertiary/aromatic N) is 1. The van der Waals surface area contributed by atoms with Crippen LogP contribution in [0.2, 0.25) is 0 Å². The highest BCUT2D eigenvalue weighted by atomic mass is 31.1. The van der Waals surface area contributed by atoms with Gasteiger partial charge in [0.25, 0.3) is 0 Å². The fourth-order valence-corrected chi connectivity index (χ4v) is 3.40. The van der Waals surface area contributed by atoms with E-state index in [1.165, 1.54) is 4.90 Å². The number of hydrogen-bond acceptors (Lipinski definition) is 3. The van der Waals surface area contributed by atoms with E-state index in [2.05, 4.69) is 36.9 Å². The molecule has 2 aliphatic rings. The molecule has 1 atom stereocenters. The van der Waals surface area contributed by atoms with E-state index < -0.39 is 11.9 Å². The predicted octanol–water partition coefficient (Wildman–Crippen LogP) is 2.38. The molecular weight excluding hydrogens is 311 g/mol. The van der Waals surface area contributed by atoms with Crippen LogP contribution in [0.15, 0.2) is 35.3 Å². The van der Waals surface area contributed by atoms with Gasteiger partial charge in [-0.25, -0.2) is 0 Å². The summed E-state index contributed by atoms with van der Waals surface area (Å²) in [5.74, 6) is 3.60. The fourth-order valence-electron chi connectivity index (χ4n) is 2.49. The molecule has 0 bridgehead atoms. The van der Waals surface area contributed by atoms with Gasteiger partial charge in [-0.1, -0.05) is 28.1 Å². The van der Waals surface area contributed by atoms with Crippen molar-refractivity contribution in [1.29, 1.82) is 0 Å². The number of amides is 3. The van der Waals surface area contributed by atoms with Crippen molar-refractivity contribution in [3.8, 4) is 0 Å². The van der Waals surface area contributed by atoms with Gasteiger partial charge in [0.1, 0.15) is 6.04 Å². The molecule has 0 aromatic heterocycles. The van der Waals surface area contributed by atoms with Gasteiger partial charge < -0.3 is 4.90 Å². The van der Waals surface area contributed by atoms with E-state index in [9.17, 15) is 14.4 Å². The van der Waals surface area contributed by atoms with Crippen LogP contribution in [-0.4, -0.2) is 35.0 Å². The molecule has 23 heavy (non-hydrogen) atoms. The second kappa shape index (κ2) is 7.05. The number of carbonyl (C=O) groups is 3. The molecule has 0 aromatic rings. The molecule has 1 saturated heterocycles. The average Bonchev–Trinajstić information content (AvgIpc) is 2.59. The van der Waals surface area contributed by atoms with Crippen LogP contribution >= 0.6 is 8.20 Å². The van der Waals surface area contributed by atoms with Crippen LogP contribution in [0.3, 0.4) is 0 Å². The van der Waals surface area contributed by atoms with Gasteiger partial charge in [-0.2, -0.15) is 0 Å². The molecule has 0 radical (unpaired) electrons. The van der Waals surface area contributed by atoms with Crippen LogP contribution in [-0.2, 0) is 14.4 Å². The Hall–Kier alpha value is -2.00. The van der Waals surface area contributed by atoms with Crippen molar-refractivity contribution < 1.29 is 14.4 Å². The molecule has 0 aliphatic carbocycles. The van der Waals surface area contributed by atoms with Crippen LogP contribution in [0, 0.1) is 5.41 Å². The maximum atomic E-state index is 11.9. The number of imide groups is 1. The van der Waals surface area contributed by atoms with Crippen molar-refractivity contribution in [2.45, 2.75) is 39.7 Å². The first-order chi connectivity index (χ1) is 10.8. The lowest BCUT2D eigenvalue weighted by molar-refractivity contribution is -0.139. The van der Waals surface area contributed by atoms with Gasteiger partial charge in [-0.3, -0.25) is 19.7 Å². The number of nitrogens with one attached hydrogen (secondary N) is 1. The monoisotopic (exact) mass is 332 g/mol. The highest BCUT2D eigenvalue weighted by Gasteiger charge is 2.30. The van der Waals surface area contributed by atoms with Crippen LogP contribution in [0.5, 0.6) is 0 Å². The third-order valence-electron chi connectivity index (χ3n) is 3.78. The number of rotatable bonds is 4. The normalized spacial score (nSPS) is 24.6. The third-order valence-corrected chi connectivity index (χ3v) is 5.13. The highest BCUT2D eigenvalue weighted by molar-refractivity contribution is 7.42. The lowest BCUT2D eigenvalue weighted by Gasteiger charge is -2.27. The Morgan fingerprint density at radius 3 is 2.78 bits per heavy atom. The topological polar surface area (TPSA) is 66.5 Å². The summed E-state index contributed by atoms with van der Waals surface area (Å²) in [7, 11) is 1.15. The van der Waals surface area contributed by atoms with E-state index in [-0.39, 0.29) is 17.7 Å². The Kier molecular flexibility index (Phi) is 5.32.